The van der Waals surface area contributed by atoms with E-state index in [1.54, 1.807) is 0 Å². The maximum absolute atomic E-state index is 12.1. The number of nitrogens with zero attached hydrogens (tertiary/aromatic N) is 4. The van der Waals surface area contributed by atoms with E-state index in [-0.39, 0.29) is 18.3 Å². The quantitative estimate of drug-likeness (QED) is 0.802. The van der Waals surface area contributed by atoms with Crippen molar-refractivity contribution in [1.82, 2.24) is 15.0 Å². The molecule has 128 valence electrons. The molecule has 9 nitrogen and oxygen atoms in total. The Hall–Kier alpha value is -2.62. The molecule has 0 saturated carbocycles. The van der Waals surface area contributed by atoms with E-state index >= 15 is 0 Å². The second-order valence-electron chi connectivity index (χ2n) is 5.70. The molecule has 2 heterocycles. The number of sulfonamides is 1. The van der Waals surface area contributed by atoms with Crippen LogP contribution in [0.4, 0.5) is 17.2 Å². The van der Waals surface area contributed by atoms with Crippen molar-refractivity contribution in [2.45, 2.75) is 13.0 Å². The number of likely N-dealkylation sites (N-methyl/N-ethyl adjacent to an activating group) is 1. The molecule has 0 spiro atoms. The minimum atomic E-state index is -3.42. The zero-order valence-electron chi connectivity index (χ0n) is 13.4. The summed E-state index contributed by atoms with van der Waals surface area (Å²) in [5.74, 6) is -0.214. The molecule has 2 N–H and O–H groups in total. The predicted molar refractivity (Wildman–Crippen MR) is 90.5 cm³/mol. The van der Waals surface area contributed by atoms with E-state index in [1.165, 1.54) is 17.4 Å². The zero-order valence-corrected chi connectivity index (χ0v) is 14.2. The van der Waals surface area contributed by atoms with Crippen molar-refractivity contribution in [3.05, 3.63) is 30.0 Å². The number of hydrogen-bond acceptors (Lipinski definition) is 6. The van der Waals surface area contributed by atoms with Gasteiger partial charge in [0.25, 0.3) is 0 Å². The predicted octanol–water partition coefficient (Wildman–Crippen LogP) is 0.281. The van der Waals surface area contributed by atoms with Crippen molar-refractivity contribution in [3.63, 3.8) is 0 Å². The fourth-order valence-electron chi connectivity index (χ4n) is 2.58. The number of amides is 1. The summed E-state index contributed by atoms with van der Waals surface area (Å²) < 4.78 is 24.4. The van der Waals surface area contributed by atoms with Gasteiger partial charge in [0.05, 0.1) is 12.5 Å². The highest BCUT2D eigenvalue weighted by Crippen LogP contribution is 2.29. The fourth-order valence-corrected chi connectivity index (χ4v) is 3.06. The number of nitrogens with one attached hydrogen (secondary N) is 2. The lowest BCUT2D eigenvalue weighted by atomic mass is 10.1. The van der Waals surface area contributed by atoms with Crippen molar-refractivity contribution in [1.29, 1.82) is 0 Å². The Labute approximate surface area is 139 Å². The van der Waals surface area contributed by atoms with Crippen LogP contribution in [-0.2, 0) is 27.8 Å². The standard InChI is InChI=1S/C14H18N6O3S/c1-19-6-5-10-7-11(3-4-12(10)19)16-14(21)9-20-15-8-13(17-20)18-24(2,22)23/h3-4,7-8H,5-6,9H2,1-2H3,(H,16,21)(H,17,18). The van der Waals surface area contributed by atoms with Crippen molar-refractivity contribution < 1.29 is 13.2 Å². The Morgan fingerprint density at radius 3 is 2.92 bits per heavy atom. The van der Waals surface area contributed by atoms with Gasteiger partial charge >= 0.3 is 0 Å². The molecule has 10 heteroatoms. The van der Waals surface area contributed by atoms with Gasteiger partial charge in [-0.3, -0.25) is 9.52 Å². The Morgan fingerprint density at radius 1 is 1.38 bits per heavy atom. The summed E-state index contributed by atoms with van der Waals surface area (Å²) in [4.78, 5) is 15.4. The summed E-state index contributed by atoms with van der Waals surface area (Å²) >= 11 is 0. The molecule has 3 rings (SSSR count). The second-order valence-corrected chi connectivity index (χ2v) is 7.45. The molecule has 0 fully saturated rings. The molecule has 1 aromatic carbocycles. The average molecular weight is 350 g/mol. The summed E-state index contributed by atoms with van der Waals surface area (Å²) in [6.07, 6.45) is 3.22. The smallest absolute Gasteiger partial charge is 0.247 e. The van der Waals surface area contributed by atoms with Crippen LogP contribution in [0.25, 0.3) is 0 Å². The maximum atomic E-state index is 12.1. The molecular formula is C14H18N6O3S. The van der Waals surface area contributed by atoms with E-state index in [4.69, 9.17) is 0 Å². The van der Waals surface area contributed by atoms with Crippen molar-refractivity contribution in [3.8, 4) is 0 Å². The number of hydrogen-bond donors (Lipinski definition) is 2. The van der Waals surface area contributed by atoms with Crippen LogP contribution in [0.2, 0.25) is 0 Å². The highest BCUT2D eigenvalue weighted by Gasteiger charge is 2.16. The van der Waals surface area contributed by atoms with E-state index in [1.807, 2.05) is 25.2 Å². The number of carbonyl (C=O) groups is 1. The highest BCUT2D eigenvalue weighted by molar-refractivity contribution is 7.92. The molecule has 1 aliphatic rings. The van der Waals surface area contributed by atoms with Gasteiger partial charge in [0.15, 0.2) is 5.82 Å². The number of benzene rings is 1. The third-order valence-corrected chi connectivity index (χ3v) is 4.18. The van der Waals surface area contributed by atoms with Crippen LogP contribution in [0.5, 0.6) is 0 Å². The Morgan fingerprint density at radius 2 is 2.17 bits per heavy atom. The molecule has 0 atom stereocenters. The molecule has 0 unspecified atom stereocenters. The Kier molecular flexibility index (Phi) is 4.14. The Balaban J connectivity index is 1.62. The minimum absolute atomic E-state index is 0.0749. The number of carbonyl (C=O) groups excluding carboxylic acids is 1. The number of rotatable bonds is 5. The first-order valence-electron chi connectivity index (χ1n) is 7.32. The maximum Gasteiger partial charge on any atom is 0.247 e. The monoisotopic (exact) mass is 350 g/mol. The summed E-state index contributed by atoms with van der Waals surface area (Å²) in [5.41, 5.74) is 3.10. The van der Waals surface area contributed by atoms with E-state index in [9.17, 15) is 13.2 Å². The van der Waals surface area contributed by atoms with Gasteiger partial charge in [-0.25, -0.2) is 8.42 Å². The second kappa shape index (κ2) is 6.11. The van der Waals surface area contributed by atoms with Gasteiger partial charge < -0.3 is 10.2 Å². The lowest BCUT2D eigenvalue weighted by molar-refractivity contribution is -0.117. The fraction of sp³-hybridized carbons (Fsp3) is 0.357. The molecule has 1 amide bonds. The van der Waals surface area contributed by atoms with Gasteiger partial charge in [0.1, 0.15) is 6.54 Å². The van der Waals surface area contributed by atoms with Crippen LogP contribution < -0.4 is 14.9 Å². The summed E-state index contributed by atoms with van der Waals surface area (Å²) in [5, 5.41) is 10.5. The van der Waals surface area contributed by atoms with Crippen molar-refractivity contribution in [2.24, 2.45) is 0 Å². The topological polar surface area (TPSA) is 109 Å². The summed E-state index contributed by atoms with van der Waals surface area (Å²) in [6.45, 7) is 0.864. The normalized spacial score (nSPS) is 13.7. The number of fused-ring (bicyclic) bond motifs is 1. The molecule has 2 aromatic rings. The van der Waals surface area contributed by atoms with Crippen molar-refractivity contribution in [2.75, 3.05) is 34.8 Å². The van der Waals surface area contributed by atoms with Crippen LogP contribution in [-0.4, -0.2) is 49.2 Å². The molecule has 1 aliphatic heterocycles. The largest absolute Gasteiger partial charge is 0.374 e. The van der Waals surface area contributed by atoms with E-state index in [0.29, 0.717) is 0 Å². The summed E-state index contributed by atoms with van der Waals surface area (Å²) in [6, 6.07) is 5.80. The van der Waals surface area contributed by atoms with Crippen molar-refractivity contribution >= 4 is 33.1 Å². The molecule has 24 heavy (non-hydrogen) atoms. The number of anilines is 3. The van der Waals surface area contributed by atoms with Gasteiger partial charge in [0, 0.05) is 25.0 Å². The first kappa shape index (κ1) is 16.2. The SMILES string of the molecule is CN1CCc2cc(NC(=O)Cn3ncc(NS(C)(=O)=O)n3)ccc21. The van der Waals surface area contributed by atoms with Gasteiger partial charge in [-0.05, 0) is 30.2 Å². The molecule has 1 aromatic heterocycles. The third kappa shape index (κ3) is 3.82. The molecule has 0 bridgehead atoms. The first-order chi connectivity index (χ1) is 11.3. The van der Waals surface area contributed by atoms with Gasteiger partial charge in [0.2, 0.25) is 15.9 Å². The van der Waals surface area contributed by atoms with Crippen LogP contribution in [0.15, 0.2) is 24.4 Å². The van der Waals surface area contributed by atoms with Gasteiger partial charge in [-0.2, -0.15) is 9.90 Å². The van der Waals surface area contributed by atoms with Gasteiger partial charge in [-0.15, -0.1) is 5.10 Å². The van der Waals surface area contributed by atoms with E-state index < -0.39 is 10.0 Å². The van der Waals surface area contributed by atoms with Crippen LogP contribution in [0, 0.1) is 0 Å². The summed E-state index contributed by atoms with van der Waals surface area (Å²) in [7, 11) is -1.38. The van der Waals surface area contributed by atoms with Crippen LogP contribution >= 0.6 is 0 Å². The van der Waals surface area contributed by atoms with E-state index in [0.717, 1.165) is 29.7 Å². The average Bonchev–Trinajstić information content (AvgIpc) is 3.04. The molecule has 0 saturated heterocycles. The van der Waals surface area contributed by atoms with Gasteiger partial charge in [-0.1, -0.05) is 0 Å². The minimum Gasteiger partial charge on any atom is -0.374 e. The lowest BCUT2D eigenvalue weighted by Crippen LogP contribution is -2.20. The third-order valence-electron chi connectivity index (χ3n) is 3.60. The lowest BCUT2D eigenvalue weighted by Gasteiger charge is -2.12. The van der Waals surface area contributed by atoms with Crippen LogP contribution in [0.1, 0.15) is 5.56 Å². The molecule has 0 aliphatic carbocycles. The van der Waals surface area contributed by atoms with E-state index in [2.05, 4.69) is 25.1 Å². The first-order valence-corrected chi connectivity index (χ1v) is 9.21. The molecule has 0 radical (unpaired) electrons. The Bertz CT molecular complexity index is 876. The van der Waals surface area contributed by atoms with Crippen LogP contribution in [0.3, 0.4) is 0 Å². The zero-order chi connectivity index (χ0) is 17.3. The number of aromatic nitrogens is 3. The molecular weight excluding hydrogens is 332 g/mol. The highest BCUT2D eigenvalue weighted by atomic mass is 32.2.